The molecular formula is C20H26O5. The topological polar surface area (TPSA) is 68.2 Å². The largest absolute Gasteiger partial charge is 0.493 e. The Labute approximate surface area is 149 Å². The fraction of sp³-hybridized carbons (Fsp3) is 0.500. The van der Waals surface area contributed by atoms with Gasteiger partial charge in [-0.2, -0.15) is 0 Å². The summed E-state index contributed by atoms with van der Waals surface area (Å²) in [5.41, 5.74) is 0.456. The molecule has 2 unspecified atom stereocenters. The van der Waals surface area contributed by atoms with E-state index in [-0.39, 0.29) is 0 Å². The van der Waals surface area contributed by atoms with Gasteiger partial charge < -0.3 is 24.4 Å². The number of benzene rings is 1. The third-order valence-corrected chi connectivity index (χ3v) is 3.62. The average Bonchev–Trinajstić information content (AvgIpc) is 2.63. The lowest BCUT2D eigenvalue weighted by molar-refractivity contribution is 0.217. The number of methoxy groups -OCH3 is 3. The SMILES string of the molecule is CCCCCC(O)C#CC#CC(O)c1ccc(OC)c(OC)c1OC. The molecule has 0 saturated heterocycles. The van der Waals surface area contributed by atoms with Gasteiger partial charge in [-0.05, 0) is 36.8 Å². The summed E-state index contributed by atoms with van der Waals surface area (Å²) in [5, 5.41) is 20.0. The standard InChI is InChI=1S/C20H26O5/c1-5-6-7-10-15(21)11-8-9-12-17(22)16-13-14-18(23-2)20(25-4)19(16)24-3/h13-15,17,21-22H,5-7,10H2,1-4H3. The molecule has 0 aliphatic rings. The van der Waals surface area contributed by atoms with Gasteiger partial charge in [-0.15, -0.1) is 0 Å². The van der Waals surface area contributed by atoms with E-state index < -0.39 is 12.2 Å². The molecule has 25 heavy (non-hydrogen) atoms. The van der Waals surface area contributed by atoms with E-state index in [4.69, 9.17) is 14.2 Å². The van der Waals surface area contributed by atoms with E-state index in [1.54, 1.807) is 12.1 Å². The second kappa shape index (κ2) is 11.3. The minimum absolute atomic E-state index is 0.358. The second-order valence-corrected chi connectivity index (χ2v) is 5.38. The molecule has 0 saturated carbocycles. The van der Waals surface area contributed by atoms with Crippen LogP contribution in [0.2, 0.25) is 0 Å². The minimum atomic E-state index is -1.10. The highest BCUT2D eigenvalue weighted by Crippen LogP contribution is 2.41. The van der Waals surface area contributed by atoms with Crippen molar-refractivity contribution < 1.29 is 24.4 Å². The highest BCUT2D eigenvalue weighted by Gasteiger charge is 2.19. The van der Waals surface area contributed by atoms with E-state index in [1.807, 2.05) is 0 Å². The number of hydrogen-bond acceptors (Lipinski definition) is 5. The van der Waals surface area contributed by atoms with Crippen molar-refractivity contribution in [3.8, 4) is 40.9 Å². The molecule has 0 heterocycles. The smallest absolute Gasteiger partial charge is 0.203 e. The van der Waals surface area contributed by atoms with Crippen molar-refractivity contribution in [2.24, 2.45) is 0 Å². The van der Waals surface area contributed by atoms with Crippen molar-refractivity contribution in [2.75, 3.05) is 21.3 Å². The average molecular weight is 346 g/mol. The van der Waals surface area contributed by atoms with Crippen LogP contribution in [0.4, 0.5) is 0 Å². The van der Waals surface area contributed by atoms with Crippen molar-refractivity contribution in [2.45, 2.75) is 44.8 Å². The van der Waals surface area contributed by atoms with Crippen molar-refractivity contribution in [3.05, 3.63) is 17.7 Å². The Morgan fingerprint density at radius 2 is 1.60 bits per heavy atom. The van der Waals surface area contributed by atoms with Gasteiger partial charge in [0.25, 0.3) is 0 Å². The van der Waals surface area contributed by atoms with Crippen LogP contribution in [0.5, 0.6) is 17.2 Å². The van der Waals surface area contributed by atoms with Crippen LogP contribution in [0.1, 0.15) is 44.3 Å². The third-order valence-electron chi connectivity index (χ3n) is 3.62. The Bertz CT molecular complexity index is 660. The van der Waals surface area contributed by atoms with E-state index in [1.165, 1.54) is 21.3 Å². The first-order chi connectivity index (χ1) is 12.1. The van der Waals surface area contributed by atoms with Crippen LogP contribution in [0.3, 0.4) is 0 Å². The summed E-state index contributed by atoms with van der Waals surface area (Å²) >= 11 is 0. The molecule has 0 bridgehead atoms. The van der Waals surface area contributed by atoms with Gasteiger partial charge in [-0.1, -0.05) is 31.6 Å². The monoisotopic (exact) mass is 346 g/mol. The lowest BCUT2D eigenvalue weighted by atomic mass is 10.1. The Balaban J connectivity index is 2.87. The van der Waals surface area contributed by atoms with E-state index in [9.17, 15) is 10.2 Å². The number of ether oxygens (including phenoxy) is 3. The summed E-state index contributed by atoms with van der Waals surface area (Å²) in [5.74, 6) is 11.7. The lowest BCUT2D eigenvalue weighted by Crippen LogP contribution is -2.02. The second-order valence-electron chi connectivity index (χ2n) is 5.38. The maximum absolute atomic E-state index is 10.3. The molecule has 136 valence electrons. The fourth-order valence-corrected chi connectivity index (χ4v) is 2.30. The normalized spacial score (nSPS) is 12.1. The molecule has 0 aliphatic carbocycles. The molecule has 2 N–H and O–H groups in total. The third kappa shape index (κ3) is 6.23. The molecule has 0 aromatic heterocycles. The van der Waals surface area contributed by atoms with Crippen LogP contribution in [0.25, 0.3) is 0 Å². The van der Waals surface area contributed by atoms with Gasteiger partial charge >= 0.3 is 0 Å². The summed E-state index contributed by atoms with van der Waals surface area (Å²) in [6.45, 7) is 2.10. The number of hydrogen-bond donors (Lipinski definition) is 2. The van der Waals surface area contributed by atoms with Crippen LogP contribution in [0, 0.1) is 23.7 Å². The molecule has 0 amide bonds. The zero-order chi connectivity index (χ0) is 18.7. The highest BCUT2D eigenvalue weighted by atomic mass is 16.5. The predicted octanol–water partition coefficient (Wildman–Crippen LogP) is 2.69. The first-order valence-corrected chi connectivity index (χ1v) is 8.25. The summed E-state index contributed by atoms with van der Waals surface area (Å²) in [6.07, 6.45) is 1.95. The Morgan fingerprint density at radius 1 is 0.920 bits per heavy atom. The fourth-order valence-electron chi connectivity index (χ4n) is 2.30. The van der Waals surface area contributed by atoms with E-state index in [2.05, 4.69) is 30.6 Å². The molecule has 0 fully saturated rings. The van der Waals surface area contributed by atoms with Gasteiger partial charge in [0.05, 0.1) is 21.3 Å². The van der Waals surface area contributed by atoms with Gasteiger partial charge in [0.1, 0.15) is 12.2 Å². The molecule has 1 aromatic carbocycles. The summed E-state index contributed by atoms with van der Waals surface area (Å²) in [4.78, 5) is 0. The zero-order valence-electron chi connectivity index (χ0n) is 15.3. The first-order valence-electron chi connectivity index (χ1n) is 8.25. The molecule has 5 nitrogen and oxygen atoms in total. The maximum atomic E-state index is 10.3. The van der Waals surface area contributed by atoms with Crippen molar-refractivity contribution in [1.82, 2.24) is 0 Å². The molecular weight excluding hydrogens is 320 g/mol. The van der Waals surface area contributed by atoms with Crippen LogP contribution in [-0.2, 0) is 0 Å². The summed E-state index contributed by atoms with van der Waals surface area (Å²) in [6, 6.07) is 3.33. The molecule has 0 aliphatic heterocycles. The number of aliphatic hydroxyl groups excluding tert-OH is 2. The van der Waals surface area contributed by atoms with Gasteiger partial charge in [-0.3, -0.25) is 0 Å². The van der Waals surface area contributed by atoms with Gasteiger partial charge in [0, 0.05) is 5.56 Å². The quantitative estimate of drug-likeness (QED) is 0.559. The number of rotatable bonds is 8. The van der Waals surface area contributed by atoms with Gasteiger partial charge in [-0.25, -0.2) is 0 Å². The lowest BCUT2D eigenvalue weighted by Gasteiger charge is -2.16. The molecule has 1 aromatic rings. The highest BCUT2D eigenvalue weighted by molar-refractivity contribution is 5.57. The Kier molecular flexibility index (Phi) is 9.32. The number of aliphatic hydroxyl groups is 2. The van der Waals surface area contributed by atoms with Crippen LogP contribution in [-0.4, -0.2) is 37.6 Å². The molecule has 1 rings (SSSR count). The van der Waals surface area contributed by atoms with E-state index >= 15 is 0 Å². The maximum Gasteiger partial charge on any atom is 0.203 e. The van der Waals surface area contributed by atoms with Crippen molar-refractivity contribution in [1.29, 1.82) is 0 Å². The molecule has 2 atom stereocenters. The van der Waals surface area contributed by atoms with Crippen LogP contribution < -0.4 is 14.2 Å². The van der Waals surface area contributed by atoms with E-state index in [0.29, 0.717) is 29.2 Å². The Hall–Kier alpha value is -2.34. The number of unbranched alkanes of at least 4 members (excludes halogenated alkanes) is 2. The Morgan fingerprint density at radius 3 is 2.20 bits per heavy atom. The predicted molar refractivity (Wildman–Crippen MR) is 96.8 cm³/mol. The van der Waals surface area contributed by atoms with Gasteiger partial charge in [0.15, 0.2) is 11.5 Å². The van der Waals surface area contributed by atoms with Gasteiger partial charge in [0.2, 0.25) is 5.75 Å². The van der Waals surface area contributed by atoms with E-state index in [0.717, 1.165) is 19.3 Å². The van der Waals surface area contributed by atoms with Crippen molar-refractivity contribution in [3.63, 3.8) is 0 Å². The molecule has 5 heteroatoms. The van der Waals surface area contributed by atoms with Crippen LogP contribution in [0.15, 0.2) is 12.1 Å². The van der Waals surface area contributed by atoms with Crippen LogP contribution >= 0.6 is 0 Å². The summed E-state index contributed by atoms with van der Waals surface area (Å²) < 4.78 is 15.8. The first kappa shape index (κ1) is 20.7. The summed E-state index contributed by atoms with van der Waals surface area (Å²) in [7, 11) is 4.50. The zero-order valence-corrected chi connectivity index (χ0v) is 15.3. The molecule has 0 spiro atoms. The molecule has 0 radical (unpaired) electrons. The van der Waals surface area contributed by atoms with Crippen molar-refractivity contribution >= 4 is 0 Å². The minimum Gasteiger partial charge on any atom is -0.493 e.